The first kappa shape index (κ1) is 17.0. The average molecular weight is 326 g/mol. The zero-order valence-electron chi connectivity index (χ0n) is 14.6. The SMILES string of the molecule is C[C@]1(CC#N)CC[C@H]2[C@@H](CCC3=C(O)C(=O)CC[C@@]32C)[C@@H]1CC#N. The van der Waals surface area contributed by atoms with Crippen molar-refractivity contribution >= 4 is 5.78 Å². The Morgan fingerprint density at radius 1 is 1.17 bits per heavy atom. The molecule has 0 aliphatic heterocycles. The molecule has 0 unspecified atom stereocenters. The summed E-state index contributed by atoms with van der Waals surface area (Å²) in [6.07, 6.45) is 5.87. The molecule has 24 heavy (non-hydrogen) atoms. The molecule has 4 nitrogen and oxygen atoms in total. The maximum atomic E-state index is 11.9. The van der Waals surface area contributed by atoms with Gasteiger partial charge in [0.05, 0.1) is 12.1 Å². The Labute approximate surface area is 144 Å². The van der Waals surface area contributed by atoms with Gasteiger partial charge in [-0.1, -0.05) is 13.8 Å². The Morgan fingerprint density at radius 3 is 2.58 bits per heavy atom. The lowest BCUT2D eigenvalue weighted by Gasteiger charge is -2.58. The summed E-state index contributed by atoms with van der Waals surface area (Å²) in [5.74, 6) is 0.955. The molecular weight excluding hydrogens is 300 g/mol. The second-order valence-corrected chi connectivity index (χ2v) is 8.47. The van der Waals surface area contributed by atoms with Crippen LogP contribution in [0.15, 0.2) is 11.3 Å². The van der Waals surface area contributed by atoms with Crippen LogP contribution in [0.2, 0.25) is 0 Å². The molecule has 2 fully saturated rings. The Hall–Kier alpha value is -1.81. The van der Waals surface area contributed by atoms with Crippen LogP contribution >= 0.6 is 0 Å². The number of carbonyl (C=O) groups excluding carboxylic acids is 1. The van der Waals surface area contributed by atoms with E-state index in [0.29, 0.717) is 31.1 Å². The van der Waals surface area contributed by atoms with Crippen molar-refractivity contribution < 1.29 is 9.90 Å². The van der Waals surface area contributed by atoms with Gasteiger partial charge in [0.15, 0.2) is 11.5 Å². The number of aliphatic hydroxyl groups excluding tert-OH is 1. The summed E-state index contributed by atoms with van der Waals surface area (Å²) in [6.45, 7) is 4.38. The topological polar surface area (TPSA) is 84.9 Å². The minimum Gasteiger partial charge on any atom is -0.504 e. The monoisotopic (exact) mass is 326 g/mol. The molecule has 0 radical (unpaired) electrons. The molecule has 5 atom stereocenters. The highest BCUT2D eigenvalue weighted by Crippen LogP contribution is 2.63. The highest BCUT2D eigenvalue weighted by Gasteiger charge is 2.56. The van der Waals surface area contributed by atoms with Crippen molar-refractivity contribution in [2.45, 2.75) is 65.2 Å². The second kappa shape index (κ2) is 5.92. The second-order valence-electron chi connectivity index (χ2n) is 8.47. The molecule has 0 aromatic carbocycles. The van der Waals surface area contributed by atoms with Gasteiger partial charge in [0, 0.05) is 19.3 Å². The third kappa shape index (κ3) is 2.35. The summed E-state index contributed by atoms with van der Waals surface area (Å²) >= 11 is 0. The van der Waals surface area contributed by atoms with Crippen LogP contribution in [0.25, 0.3) is 0 Å². The zero-order valence-corrected chi connectivity index (χ0v) is 14.6. The smallest absolute Gasteiger partial charge is 0.197 e. The summed E-state index contributed by atoms with van der Waals surface area (Å²) in [6, 6.07) is 4.70. The van der Waals surface area contributed by atoms with Gasteiger partial charge in [-0.2, -0.15) is 10.5 Å². The first-order valence-corrected chi connectivity index (χ1v) is 9.07. The van der Waals surface area contributed by atoms with Crippen molar-refractivity contribution in [3.63, 3.8) is 0 Å². The number of allylic oxidation sites excluding steroid dienone is 2. The molecule has 0 bridgehead atoms. The van der Waals surface area contributed by atoms with Gasteiger partial charge in [0.2, 0.25) is 0 Å². The van der Waals surface area contributed by atoms with Crippen molar-refractivity contribution in [3.05, 3.63) is 11.3 Å². The van der Waals surface area contributed by atoms with E-state index >= 15 is 0 Å². The number of Topliss-reactive ketones (excluding diaryl/α,β-unsaturated/α-hetero) is 1. The van der Waals surface area contributed by atoms with Gasteiger partial charge < -0.3 is 5.11 Å². The minimum atomic E-state index is -0.122. The van der Waals surface area contributed by atoms with Crippen molar-refractivity contribution in [1.82, 2.24) is 0 Å². The lowest BCUT2D eigenvalue weighted by molar-refractivity contribution is -0.121. The summed E-state index contributed by atoms with van der Waals surface area (Å²) in [5.41, 5.74) is 0.748. The first-order valence-electron chi connectivity index (χ1n) is 9.07. The average Bonchev–Trinajstić information content (AvgIpc) is 2.54. The summed E-state index contributed by atoms with van der Waals surface area (Å²) < 4.78 is 0. The number of fused-ring (bicyclic) bond motifs is 3. The van der Waals surface area contributed by atoms with E-state index in [9.17, 15) is 20.4 Å². The Bertz CT molecular complexity index is 668. The predicted molar refractivity (Wildman–Crippen MR) is 89.5 cm³/mol. The number of aliphatic hydroxyl groups is 1. The van der Waals surface area contributed by atoms with E-state index in [1.54, 1.807) is 0 Å². The molecule has 3 rings (SSSR count). The Balaban J connectivity index is 1.99. The van der Waals surface area contributed by atoms with E-state index in [0.717, 1.165) is 37.7 Å². The molecule has 0 aromatic rings. The molecule has 3 aliphatic carbocycles. The number of hydrogen-bond acceptors (Lipinski definition) is 4. The van der Waals surface area contributed by atoms with E-state index in [1.165, 1.54) is 0 Å². The maximum absolute atomic E-state index is 11.9. The third-order valence-corrected chi connectivity index (χ3v) is 7.41. The van der Waals surface area contributed by atoms with Gasteiger partial charge in [-0.25, -0.2) is 0 Å². The lowest BCUT2D eigenvalue weighted by Crippen LogP contribution is -2.51. The molecule has 1 N–H and O–H groups in total. The summed E-state index contributed by atoms with van der Waals surface area (Å²) in [5, 5.41) is 28.9. The van der Waals surface area contributed by atoms with Crippen LogP contribution in [0.3, 0.4) is 0 Å². The Morgan fingerprint density at radius 2 is 1.92 bits per heavy atom. The lowest BCUT2D eigenvalue weighted by atomic mass is 9.46. The van der Waals surface area contributed by atoms with Crippen LogP contribution < -0.4 is 0 Å². The third-order valence-electron chi connectivity index (χ3n) is 7.41. The van der Waals surface area contributed by atoms with Gasteiger partial charge in [-0.3, -0.25) is 4.79 Å². The molecule has 0 heterocycles. The largest absolute Gasteiger partial charge is 0.504 e. The van der Waals surface area contributed by atoms with Crippen LogP contribution in [-0.4, -0.2) is 10.9 Å². The van der Waals surface area contributed by atoms with Gasteiger partial charge in [0.1, 0.15) is 0 Å². The molecule has 2 saturated carbocycles. The summed E-state index contributed by atoms with van der Waals surface area (Å²) in [7, 11) is 0. The fourth-order valence-electron chi connectivity index (χ4n) is 5.98. The molecular formula is C20H26N2O2. The predicted octanol–water partition coefficient (Wildman–Crippen LogP) is 4.44. The van der Waals surface area contributed by atoms with E-state index in [2.05, 4.69) is 26.0 Å². The van der Waals surface area contributed by atoms with E-state index in [1.807, 2.05) is 0 Å². The normalized spacial score (nSPS) is 41.8. The van der Waals surface area contributed by atoms with Crippen LogP contribution in [-0.2, 0) is 4.79 Å². The molecule has 4 heteroatoms. The molecule has 0 amide bonds. The van der Waals surface area contributed by atoms with Gasteiger partial charge in [0.25, 0.3) is 0 Å². The van der Waals surface area contributed by atoms with Gasteiger partial charge in [-0.05, 0) is 66.3 Å². The first-order chi connectivity index (χ1) is 11.4. The zero-order chi connectivity index (χ0) is 17.5. The van der Waals surface area contributed by atoms with Crippen LogP contribution in [0.1, 0.15) is 65.2 Å². The molecule has 128 valence electrons. The Kier molecular flexibility index (Phi) is 4.20. The number of nitriles is 2. The maximum Gasteiger partial charge on any atom is 0.197 e. The van der Waals surface area contributed by atoms with E-state index in [-0.39, 0.29) is 28.3 Å². The van der Waals surface area contributed by atoms with Crippen LogP contribution in [0, 0.1) is 51.2 Å². The van der Waals surface area contributed by atoms with E-state index < -0.39 is 0 Å². The number of carbonyl (C=O) groups is 1. The molecule has 0 saturated heterocycles. The van der Waals surface area contributed by atoms with Crippen LogP contribution in [0.5, 0.6) is 0 Å². The highest BCUT2D eigenvalue weighted by molar-refractivity contribution is 5.95. The van der Waals surface area contributed by atoms with E-state index in [4.69, 9.17) is 0 Å². The number of nitrogens with zero attached hydrogens (tertiary/aromatic N) is 2. The van der Waals surface area contributed by atoms with Crippen molar-refractivity contribution in [2.24, 2.45) is 28.6 Å². The van der Waals surface area contributed by atoms with Crippen molar-refractivity contribution in [3.8, 4) is 12.1 Å². The standard InChI is InChI=1S/C20H26N2O2/c1-19(10-12-22)8-5-15-13(14(19)7-11-21)3-4-16-18(24)17(23)6-9-20(15,16)2/h13-15,24H,3-10H2,1-2H3/t13-,14-,15-,19+,20+/m0/s1. The van der Waals surface area contributed by atoms with Crippen LogP contribution in [0.4, 0.5) is 0 Å². The molecule has 0 spiro atoms. The van der Waals surface area contributed by atoms with Crippen molar-refractivity contribution in [1.29, 1.82) is 10.5 Å². The fraction of sp³-hybridized carbons (Fsp3) is 0.750. The summed E-state index contributed by atoms with van der Waals surface area (Å²) in [4.78, 5) is 11.9. The van der Waals surface area contributed by atoms with Gasteiger partial charge in [-0.15, -0.1) is 0 Å². The number of hydrogen-bond donors (Lipinski definition) is 1. The molecule has 3 aliphatic rings. The minimum absolute atomic E-state index is 0.0180. The highest BCUT2D eigenvalue weighted by atomic mass is 16.3. The quantitative estimate of drug-likeness (QED) is 0.813. The van der Waals surface area contributed by atoms with Crippen molar-refractivity contribution in [2.75, 3.05) is 0 Å². The number of ketones is 1. The number of rotatable bonds is 2. The fourth-order valence-corrected chi connectivity index (χ4v) is 5.98. The van der Waals surface area contributed by atoms with Gasteiger partial charge >= 0.3 is 0 Å². The molecule has 0 aromatic heterocycles.